The molecule has 1 aliphatic rings. The third-order valence-corrected chi connectivity index (χ3v) is 5.42. The number of carbonyl (C=O) groups is 1. The van der Waals surface area contributed by atoms with Crippen LogP contribution in [0.3, 0.4) is 0 Å². The third-order valence-electron chi connectivity index (χ3n) is 4.29. The molecule has 0 unspecified atom stereocenters. The summed E-state index contributed by atoms with van der Waals surface area (Å²) in [6.07, 6.45) is 6.93. The largest absolute Gasteiger partial charge is 0.484 e. The van der Waals surface area contributed by atoms with E-state index >= 15 is 0 Å². The molecule has 0 aromatic heterocycles. The van der Waals surface area contributed by atoms with Crippen LogP contribution in [0.25, 0.3) is 0 Å². The van der Waals surface area contributed by atoms with Gasteiger partial charge in [-0.25, -0.2) is 8.42 Å². The molecule has 23 heavy (non-hydrogen) atoms. The standard InChI is InChI=1S/C17H25NO4S/c1-3-18(14-7-5-4-6-8-14)17(19)13-22-15-9-11-16(12-10-15)23(2,20)21/h9-12,14H,3-8,13H2,1-2H3. The van der Waals surface area contributed by atoms with Gasteiger partial charge in [-0.05, 0) is 44.0 Å². The monoisotopic (exact) mass is 339 g/mol. The number of rotatable bonds is 6. The second kappa shape index (κ2) is 7.81. The van der Waals surface area contributed by atoms with E-state index in [4.69, 9.17) is 4.74 Å². The fraction of sp³-hybridized carbons (Fsp3) is 0.588. The molecule has 1 fully saturated rings. The van der Waals surface area contributed by atoms with Crippen molar-refractivity contribution in [2.75, 3.05) is 19.4 Å². The van der Waals surface area contributed by atoms with Gasteiger partial charge in [0.2, 0.25) is 0 Å². The molecule has 1 aromatic carbocycles. The second-order valence-electron chi connectivity index (χ2n) is 6.00. The van der Waals surface area contributed by atoms with E-state index in [-0.39, 0.29) is 17.4 Å². The first-order valence-electron chi connectivity index (χ1n) is 8.14. The molecule has 2 rings (SSSR count). The van der Waals surface area contributed by atoms with Crippen LogP contribution in [0.4, 0.5) is 0 Å². The van der Waals surface area contributed by atoms with Gasteiger partial charge in [-0.2, -0.15) is 0 Å². The highest BCUT2D eigenvalue weighted by Crippen LogP contribution is 2.23. The highest BCUT2D eigenvalue weighted by atomic mass is 32.2. The molecule has 0 aliphatic heterocycles. The van der Waals surface area contributed by atoms with Crippen LogP contribution in [0.2, 0.25) is 0 Å². The summed E-state index contributed by atoms with van der Waals surface area (Å²) in [5, 5.41) is 0. The lowest BCUT2D eigenvalue weighted by Crippen LogP contribution is -2.43. The molecule has 6 heteroatoms. The molecule has 0 radical (unpaired) electrons. The Balaban J connectivity index is 1.92. The maximum Gasteiger partial charge on any atom is 0.260 e. The van der Waals surface area contributed by atoms with Gasteiger partial charge in [0.15, 0.2) is 16.4 Å². The molecule has 1 aromatic rings. The van der Waals surface area contributed by atoms with Crippen LogP contribution in [-0.2, 0) is 14.6 Å². The number of ether oxygens (including phenoxy) is 1. The molecule has 5 nitrogen and oxygen atoms in total. The van der Waals surface area contributed by atoms with Crippen LogP contribution < -0.4 is 4.74 Å². The van der Waals surface area contributed by atoms with Crippen molar-refractivity contribution in [3.05, 3.63) is 24.3 Å². The van der Waals surface area contributed by atoms with E-state index in [2.05, 4.69) is 0 Å². The van der Waals surface area contributed by atoms with E-state index in [9.17, 15) is 13.2 Å². The summed E-state index contributed by atoms with van der Waals surface area (Å²) in [7, 11) is -3.21. The zero-order valence-corrected chi connectivity index (χ0v) is 14.6. The molecular weight excluding hydrogens is 314 g/mol. The van der Waals surface area contributed by atoms with Crippen molar-refractivity contribution >= 4 is 15.7 Å². The molecule has 0 saturated heterocycles. The van der Waals surface area contributed by atoms with Gasteiger partial charge in [-0.15, -0.1) is 0 Å². The summed E-state index contributed by atoms with van der Waals surface area (Å²) in [6, 6.07) is 6.49. The van der Waals surface area contributed by atoms with E-state index < -0.39 is 9.84 Å². The van der Waals surface area contributed by atoms with Crippen molar-refractivity contribution in [1.29, 1.82) is 0 Å². The molecule has 0 atom stereocenters. The molecule has 1 saturated carbocycles. The maximum absolute atomic E-state index is 12.4. The van der Waals surface area contributed by atoms with Crippen LogP contribution in [0.15, 0.2) is 29.2 Å². The molecule has 0 heterocycles. The third kappa shape index (κ3) is 4.96. The van der Waals surface area contributed by atoms with Gasteiger partial charge in [0.25, 0.3) is 5.91 Å². The van der Waals surface area contributed by atoms with E-state index in [0.29, 0.717) is 18.3 Å². The summed E-state index contributed by atoms with van der Waals surface area (Å²) >= 11 is 0. The second-order valence-corrected chi connectivity index (χ2v) is 8.02. The first-order valence-corrected chi connectivity index (χ1v) is 10.0. The summed E-state index contributed by atoms with van der Waals surface area (Å²) in [6.45, 7) is 2.68. The van der Waals surface area contributed by atoms with Crippen LogP contribution in [0, 0.1) is 0 Å². The quantitative estimate of drug-likeness (QED) is 0.799. The lowest BCUT2D eigenvalue weighted by Gasteiger charge is -2.33. The Kier molecular flexibility index (Phi) is 6.04. The summed E-state index contributed by atoms with van der Waals surface area (Å²) in [5.74, 6) is 0.497. The van der Waals surface area contributed by atoms with Crippen LogP contribution in [0.5, 0.6) is 5.75 Å². The maximum atomic E-state index is 12.4. The minimum Gasteiger partial charge on any atom is -0.484 e. The molecular formula is C17H25NO4S. The van der Waals surface area contributed by atoms with Crippen molar-refractivity contribution in [3.63, 3.8) is 0 Å². The highest BCUT2D eigenvalue weighted by molar-refractivity contribution is 7.90. The van der Waals surface area contributed by atoms with Gasteiger partial charge in [0.1, 0.15) is 5.75 Å². The Morgan fingerprint density at radius 1 is 1.17 bits per heavy atom. The van der Waals surface area contributed by atoms with Crippen LogP contribution in [0.1, 0.15) is 39.0 Å². The zero-order valence-electron chi connectivity index (χ0n) is 13.8. The van der Waals surface area contributed by atoms with Gasteiger partial charge in [0, 0.05) is 18.8 Å². The fourth-order valence-corrected chi connectivity index (χ4v) is 3.67. The Morgan fingerprint density at radius 3 is 2.30 bits per heavy atom. The molecule has 1 amide bonds. The van der Waals surface area contributed by atoms with E-state index in [1.54, 1.807) is 12.1 Å². The predicted molar refractivity (Wildman–Crippen MR) is 89.3 cm³/mol. The highest BCUT2D eigenvalue weighted by Gasteiger charge is 2.24. The van der Waals surface area contributed by atoms with Gasteiger partial charge < -0.3 is 9.64 Å². The van der Waals surface area contributed by atoms with E-state index in [0.717, 1.165) is 19.1 Å². The minimum absolute atomic E-state index is 0.00779. The first kappa shape index (κ1) is 17.8. The number of benzene rings is 1. The SMILES string of the molecule is CCN(C(=O)COc1ccc(S(C)(=O)=O)cc1)C1CCCCC1. The van der Waals surface area contributed by atoms with Gasteiger partial charge in [-0.3, -0.25) is 4.79 Å². The molecule has 0 spiro atoms. The molecule has 128 valence electrons. The Morgan fingerprint density at radius 2 is 1.78 bits per heavy atom. The van der Waals surface area contributed by atoms with Crippen molar-refractivity contribution in [3.8, 4) is 5.75 Å². The Labute approximate surface area is 138 Å². The van der Waals surface area contributed by atoms with Gasteiger partial charge in [0.05, 0.1) is 4.90 Å². The zero-order chi connectivity index (χ0) is 16.9. The average molecular weight is 339 g/mol. The van der Waals surface area contributed by atoms with Crippen LogP contribution >= 0.6 is 0 Å². The van der Waals surface area contributed by atoms with Crippen molar-refractivity contribution in [1.82, 2.24) is 4.90 Å². The number of carbonyl (C=O) groups excluding carboxylic acids is 1. The summed E-state index contributed by atoms with van der Waals surface area (Å²) in [5.41, 5.74) is 0. The molecule has 0 N–H and O–H groups in total. The lowest BCUT2D eigenvalue weighted by atomic mass is 9.94. The lowest BCUT2D eigenvalue weighted by molar-refractivity contribution is -0.136. The number of hydrogen-bond acceptors (Lipinski definition) is 4. The van der Waals surface area contributed by atoms with Crippen molar-refractivity contribution in [2.24, 2.45) is 0 Å². The normalized spacial score (nSPS) is 16.1. The number of likely N-dealkylation sites (N-methyl/N-ethyl adjacent to an activating group) is 1. The molecule has 0 bridgehead atoms. The predicted octanol–water partition coefficient (Wildman–Crippen LogP) is 2.65. The number of nitrogens with zero attached hydrogens (tertiary/aromatic N) is 1. The number of amides is 1. The Bertz CT molecular complexity index is 618. The minimum atomic E-state index is -3.21. The number of sulfone groups is 1. The van der Waals surface area contributed by atoms with Crippen molar-refractivity contribution in [2.45, 2.75) is 50.0 Å². The van der Waals surface area contributed by atoms with E-state index in [1.807, 2.05) is 11.8 Å². The van der Waals surface area contributed by atoms with Gasteiger partial charge >= 0.3 is 0 Å². The smallest absolute Gasteiger partial charge is 0.260 e. The Hall–Kier alpha value is -1.56. The van der Waals surface area contributed by atoms with Gasteiger partial charge in [-0.1, -0.05) is 19.3 Å². The number of hydrogen-bond donors (Lipinski definition) is 0. The topological polar surface area (TPSA) is 63.7 Å². The first-order chi connectivity index (χ1) is 10.9. The molecule has 1 aliphatic carbocycles. The van der Waals surface area contributed by atoms with E-state index in [1.165, 1.54) is 31.4 Å². The summed E-state index contributed by atoms with van der Waals surface area (Å²) < 4.78 is 28.3. The van der Waals surface area contributed by atoms with Crippen LogP contribution in [-0.4, -0.2) is 44.7 Å². The average Bonchev–Trinajstić information content (AvgIpc) is 2.54. The van der Waals surface area contributed by atoms with Crippen molar-refractivity contribution < 1.29 is 17.9 Å². The fourth-order valence-electron chi connectivity index (χ4n) is 3.04. The summed E-state index contributed by atoms with van der Waals surface area (Å²) in [4.78, 5) is 14.5.